The molecule has 1 fully saturated rings. The molecule has 1 rings (SSSR count). The number of carbonyl (C=O) groups is 2. The summed E-state index contributed by atoms with van der Waals surface area (Å²) in [7, 11) is 1.25. The molecule has 0 saturated carbocycles. The standard InChI is InChI=1S/C13H17N3O3S/c1-5-6-14-13-16(15-8-9(2)3)12(18)10(20-13)7-11(17)19-4/h5,7-9H,1,6H2,2-4H3/b10-7-,14-13?,15-8+. The molecule has 1 aliphatic heterocycles. The number of hydrazone groups is 1. The van der Waals surface area contributed by atoms with Crippen LogP contribution in [0.3, 0.4) is 0 Å². The van der Waals surface area contributed by atoms with Crippen LogP contribution in [-0.4, -0.2) is 41.9 Å². The minimum atomic E-state index is -0.585. The van der Waals surface area contributed by atoms with Crippen molar-refractivity contribution >= 4 is 35.0 Å². The molecular formula is C13H17N3O3S. The van der Waals surface area contributed by atoms with Gasteiger partial charge in [-0.25, -0.2) is 4.79 Å². The molecule has 0 spiro atoms. The van der Waals surface area contributed by atoms with E-state index in [0.717, 1.165) is 17.8 Å². The fourth-order valence-corrected chi connectivity index (χ4v) is 2.06. The van der Waals surface area contributed by atoms with E-state index in [1.807, 2.05) is 13.8 Å². The molecule has 0 atom stereocenters. The van der Waals surface area contributed by atoms with Crippen molar-refractivity contribution in [3.05, 3.63) is 23.6 Å². The van der Waals surface area contributed by atoms with E-state index >= 15 is 0 Å². The average molecular weight is 295 g/mol. The van der Waals surface area contributed by atoms with E-state index in [1.165, 1.54) is 12.1 Å². The second-order valence-electron chi connectivity index (χ2n) is 4.17. The van der Waals surface area contributed by atoms with Gasteiger partial charge in [0.05, 0.1) is 18.6 Å². The summed E-state index contributed by atoms with van der Waals surface area (Å²) >= 11 is 1.09. The first kappa shape index (κ1) is 16.2. The predicted molar refractivity (Wildman–Crippen MR) is 80.4 cm³/mol. The minimum Gasteiger partial charge on any atom is -0.466 e. The highest BCUT2D eigenvalue weighted by atomic mass is 32.2. The lowest BCUT2D eigenvalue weighted by atomic mass is 10.3. The van der Waals surface area contributed by atoms with Crippen LogP contribution in [0.4, 0.5) is 0 Å². The average Bonchev–Trinajstić information content (AvgIpc) is 2.70. The zero-order chi connectivity index (χ0) is 15.1. The Morgan fingerprint density at radius 3 is 2.80 bits per heavy atom. The maximum atomic E-state index is 12.2. The molecule has 0 aromatic carbocycles. The van der Waals surface area contributed by atoms with Gasteiger partial charge in [0.2, 0.25) is 0 Å². The number of ether oxygens (including phenoxy) is 1. The first-order valence-electron chi connectivity index (χ1n) is 6.01. The fourth-order valence-electron chi connectivity index (χ4n) is 1.18. The van der Waals surface area contributed by atoms with E-state index in [1.54, 1.807) is 12.3 Å². The molecule has 0 radical (unpaired) electrons. The van der Waals surface area contributed by atoms with Gasteiger partial charge in [0.15, 0.2) is 5.17 Å². The quantitative estimate of drug-likeness (QED) is 0.335. The van der Waals surface area contributed by atoms with Crippen molar-refractivity contribution in [1.82, 2.24) is 5.01 Å². The topological polar surface area (TPSA) is 71.3 Å². The number of hydrogen-bond acceptors (Lipinski definition) is 6. The van der Waals surface area contributed by atoms with E-state index in [9.17, 15) is 9.59 Å². The number of rotatable bonds is 5. The lowest BCUT2D eigenvalue weighted by Gasteiger charge is -2.08. The Morgan fingerprint density at radius 1 is 1.55 bits per heavy atom. The zero-order valence-corrected chi connectivity index (χ0v) is 12.5. The summed E-state index contributed by atoms with van der Waals surface area (Å²) in [6.07, 6.45) is 4.40. The van der Waals surface area contributed by atoms with Crippen LogP contribution in [0.2, 0.25) is 0 Å². The van der Waals surface area contributed by atoms with Gasteiger partial charge in [-0.3, -0.25) is 9.79 Å². The molecule has 0 aromatic heterocycles. The Labute approximate surface area is 122 Å². The van der Waals surface area contributed by atoms with Crippen molar-refractivity contribution in [2.45, 2.75) is 13.8 Å². The van der Waals surface area contributed by atoms with Gasteiger partial charge in [0.1, 0.15) is 0 Å². The van der Waals surface area contributed by atoms with Crippen molar-refractivity contribution < 1.29 is 14.3 Å². The highest BCUT2D eigenvalue weighted by Crippen LogP contribution is 2.31. The normalized spacial score (nSPS) is 19.6. The van der Waals surface area contributed by atoms with Crippen molar-refractivity contribution in [3.8, 4) is 0 Å². The second-order valence-corrected chi connectivity index (χ2v) is 5.18. The van der Waals surface area contributed by atoms with Crippen LogP contribution in [0.1, 0.15) is 13.8 Å². The SMILES string of the molecule is C=CCN=C1S/C(=C\C(=O)OC)C(=O)N1/N=C/C(C)C. The molecule has 1 saturated heterocycles. The van der Waals surface area contributed by atoms with E-state index in [2.05, 4.69) is 21.4 Å². The molecule has 7 heteroatoms. The molecule has 1 amide bonds. The zero-order valence-electron chi connectivity index (χ0n) is 11.7. The predicted octanol–water partition coefficient (Wildman–Crippen LogP) is 1.80. The van der Waals surface area contributed by atoms with Gasteiger partial charge >= 0.3 is 5.97 Å². The third-order valence-electron chi connectivity index (χ3n) is 2.07. The van der Waals surface area contributed by atoms with Crippen molar-refractivity contribution in [1.29, 1.82) is 0 Å². The largest absolute Gasteiger partial charge is 0.466 e. The lowest BCUT2D eigenvalue weighted by molar-refractivity contribution is -0.135. The van der Waals surface area contributed by atoms with Crippen LogP contribution in [0.5, 0.6) is 0 Å². The molecule has 1 aliphatic rings. The summed E-state index contributed by atoms with van der Waals surface area (Å²) in [4.78, 5) is 27.8. The molecule has 0 N–H and O–H groups in total. The highest BCUT2D eigenvalue weighted by Gasteiger charge is 2.34. The van der Waals surface area contributed by atoms with Gasteiger partial charge in [-0.15, -0.1) is 6.58 Å². The summed E-state index contributed by atoms with van der Waals surface area (Å²) in [5, 5.41) is 5.70. The number of esters is 1. The minimum absolute atomic E-state index is 0.196. The third-order valence-corrected chi connectivity index (χ3v) is 3.07. The maximum Gasteiger partial charge on any atom is 0.331 e. The van der Waals surface area contributed by atoms with Crippen LogP contribution in [-0.2, 0) is 14.3 Å². The van der Waals surface area contributed by atoms with Crippen molar-refractivity contribution in [3.63, 3.8) is 0 Å². The van der Waals surface area contributed by atoms with Crippen LogP contribution in [0.15, 0.2) is 33.7 Å². The Bertz CT molecular complexity index is 495. The summed E-state index contributed by atoms with van der Waals surface area (Å²) < 4.78 is 4.52. The summed E-state index contributed by atoms with van der Waals surface area (Å²) in [5.41, 5.74) is 0. The molecule has 0 aromatic rings. The number of amidine groups is 1. The van der Waals surface area contributed by atoms with Gasteiger partial charge in [-0.05, 0) is 17.7 Å². The molecule has 108 valence electrons. The maximum absolute atomic E-state index is 12.2. The molecular weight excluding hydrogens is 278 g/mol. The molecule has 20 heavy (non-hydrogen) atoms. The summed E-state index contributed by atoms with van der Waals surface area (Å²) in [6, 6.07) is 0. The van der Waals surface area contributed by atoms with Gasteiger partial charge in [0, 0.05) is 12.3 Å². The van der Waals surface area contributed by atoms with E-state index in [-0.39, 0.29) is 16.7 Å². The Kier molecular flexibility index (Phi) is 6.17. The van der Waals surface area contributed by atoms with Crippen LogP contribution < -0.4 is 0 Å². The van der Waals surface area contributed by atoms with Gasteiger partial charge in [-0.2, -0.15) is 10.1 Å². The molecule has 1 heterocycles. The monoisotopic (exact) mass is 295 g/mol. The van der Waals surface area contributed by atoms with E-state index in [0.29, 0.717) is 11.7 Å². The number of methoxy groups -OCH3 is 1. The first-order chi connectivity index (χ1) is 9.49. The fraction of sp³-hybridized carbons (Fsp3) is 0.385. The number of thioether (sulfide) groups is 1. The van der Waals surface area contributed by atoms with E-state index in [4.69, 9.17) is 0 Å². The van der Waals surface area contributed by atoms with Gasteiger partial charge in [0.25, 0.3) is 5.91 Å². The van der Waals surface area contributed by atoms with Gasteiger partial charge in [-0.1, -0.05) is 19.9 Å². The number of hydrogen-bond donors (Lipinski definition) is 0. The number of amides is 1. The summed E-state index contributed by atoms with van der Waals surface area (Å²) in [5.74, 6) is -0.777. The lowest BCUT2D eigenvalue weighted by Crippen LogP contribution is -2.24. The first-order valence-corrected chi connectivity index (χ1v) is 6.82. The summed E-state index contributed by atoms with van der Waals surface area (Å²) in [6.45, 7) is 7.84. The number of nitrogens with zero attached hydrogens (tertiary/aromatic N) is 3. The van der Waals surface area contributed by atoms with Crippen LogP contribution >= 0.6 is 11.8 Å². The Hall–Kier alpha value is -1.89. The third kappa shape index (κ3) is 4.34. The Balaban J connectivity index is 3.04. The van der Waals surface area contributed by atoms with Crippen molar-refractivity contribution in [2.75, 3.05) is 13.7 Å². The van der Waals surface area contributed by atoms with E-state index < -0.39 is 5.97 Å². The van der Waals surface area contributed by atoms with Crippen molar-refractivity contribution in [2.24, 2.45) is 16.0 Å². The number of aliphatic imine (C=N–C) groups is 1. The van der Waals surface area contributed by atoms with Gasteiger partial charge < -0.3 is 4.74 Å². The molecule has 0 unspecified atom stereocenters. The van der Waals surface area contributed by atoms with Crippen LogP contribution in [0.25, 0.3) is 0 Å². The second kappa shape index (κ2) is 7.64. The number of carbonyl (C=O) groups excluding carboxylic acids is 2. The molecule has 6 nitrogen and oxygen atoms in total. The Morgan fingerprint density at radius 2 is 2.25 bits per heavy atom. The van der Waals surface area contributed by atoms with Crippen LogP contribution in [0, 0.1) is 5.92 Å². The smallest absolute Gasteiger partial charge is 0.331 e. The molecule has 0 aliphatic carbocycles. The molecule has 0 bridgehead atoms. The highest BCUT2D eigenvalue weighted by molar-refractivity contribution is 8.18.